The van der Waals surface area contributed by atoms with Crippen LogP contribution in [0.2, 0.25) is 0 Å². The van der Waals surface area contributed by atoms with Crippen molar-refractivity contribution in [2.45, 2.75) is 276 Å². The number of unbranched alkanes of at least 4 members (excludes halogenated alkanes) is 26. The number of hydrogen-bond acceptors (Lipinski definition) is 11. The van der Waals surface area contributed by atoms with Gasteiger partial charge in [-0.05, 0) is 49.1 Å². The van der Waals surface area contributed by atoms with Crippen LogP contribution in [0, 0.1) is 5.92 Å². The molecule has 1 heterocycles. The highest BCUT2D eigenvalue weighted by atomic mass is 31.2. The lowest BCUT2D eigenvalue weighted by atomic mass is 9.89. The summed E-state index contributed by atoms with van der Waals surface area (Å²) in [5, 5.41) is 14.9. The van der Waals surface area contributed by atoms with E-state index in [2.05, 4.69) is 32.7 Å². The Morgan fingerprint density at radius 1 is 0.602 bits per heavy atom. The average Bonchev–Trinajstić information content (AvgIpc) is 3.57. The number of amides is 1. The lowest BCUT2D eigenvalue weighted by Crippen LogP contribution is -2.66. The molecule has 13 heteroatoms. The Morgan fingerprint density at radius 3 is 1.52 bits per heavy atom. The van der Waals surface area contributed by atoms with Gasteiger partial charge in [0.1, 0.15) is 24.0 Å². The van der Waals surface area contributed by atoms with Gasteiger partial charge in [-0.25, -0.2) is 4.79 Å². The molecule has 12 nitrogen and oxygen atoms in total. The number of rotatable bonds is 50. The Morgan fingerprint density at radius 2 is 1.05 bits per heavy atom. The van der Waals surface area contributed by atoms with Crippen molar-refractivity contribution in [3.8, 4) is 0 Å². The van der Waals surface area contributed by atoms with Crippen LogP contribution in [0.4, 0.5) is 0 Å². The quantitative estimate of drug-likeness (QED) is 0.0138. The molecule has 0 aromatic heterocycles. The summed E-state index contributed by atoms with van der Waals surface area (Å²) in [7, 11) is -4.15. The number of ether oxygens (including phenoxy) is 4. The lowest BCUT2D eigenvalue weighted by Gasteiger charge is -2.46. The van der Waals surface area contributed by atoms with E-state index in [1.165, 1.54) is 102 Å². The zero-order valence-electron chi connectivity index (χ0n) is 51.4. The third-order valence-electron chi connectivity index (χ3n) is 16.1. The van der Waals surface area contributed by atoms with Crippen molar-refractivity contribution < 1.29 is 52.3 Å². The molecule has 1 fully saturated rings. The molecule has 1 saturated heterocycles. The number of carbonyl (C=O) groups is 4. The highest BCUT2D eigenvalue weighted by molar-refractivity contribution is 7.74. The van der Waals surface area contributed by atoms with Crippen LogP contribution in [0.3, 0.4) is 0 Å². The summed E-state index contributed by atoms with van der Waals surface area (Å²) in [4.78, 5) is 58.8. The van der Waals surface area contributed by atoms with Gasteiger partial charge in [0.2, 0.25) is 11.7 Å². The van der Waals surface area contributed by atoms with Crippen molar-refractivity contribution >= 4 is 41.4 Å². The summed E-state index contributed by atoms with van der Waals surface area (Å²) < 4.78 is 48.2. The molecule has 1 amide bonds. The van der Waals surface area contributed by atoms with Crippen molar-refractivity contribution in [2.24, 2.45) is 5.92 Å². The third kappa shape index (κ3) is 27.7. The molecule has 0 radical (unpaired) electrons. The summed E-state index contributed by atoms with van der Waals surface area (Å²) in [6.45, 7) is 9.99. The molecule has 1 aliphatic rings. The van der Waals surface area contributed by atoms with Crippen molar-refractivity contribution in [2.75, 3.05) is 13.2 Å². The average molecular weight is 1170 g/mol. The largest absolute Gasteiger partial charge is 0.451 e. The van der Waals surface area contributed by atoms with Gasteiger partial charge in [0.15, 0.2) is 12.4 Å². The molecule has 464 valence electrons. The number of aliphatic hydroxyl groups excluding tert-OH is 1. The molecular formula is C70H108NO11P. The SMILES string of the molecule is C=CCO[C@H]1O[C@H](CO)[C@@H](OP(=O)(c2ccccc2)c2ccccc2)[C@H](OC(=O)C(=O)[C@H](CCCCCCCCCCC)C(=O)CCCCCCCCCCCCC)[C@H]1NC(=O)C[C@@H](CCCCCCCCCCC)OCc1ccccc1. The van der Waals surface area contributed by atoms with Crippen LogP contribution in [0.25, 0.3) is 0 Å². The minimum Gasteiger partial charge on any atom is -0.451 e. The molecule has 0 saturated carbocycles. The standard InChI is InChI=1S/C70H108NO11P/c1-5-9-12-15-18-21-22-25-28-31-43-52-62(73)61(51-42-30-27-24-20-17-14-11-7-3)66(75)69(76)81-68-65(71-64(74)54-58(79-56-57-44-35-32-36-45-57)46-37-29-26-23-19-16-13-10-6-2)70(78-53-8-4)80-63(55-72)67(68)82-83(77,59-47-38-33-39-48-59)60-49-40-34-41-50-60/h8,32-36,38-41,44-45,47-50,58,61,63,65,67-68,70,72H,4-7,9-31,37,42-43,46,51-56H2,1-3H3,(H,71,74)/t58-,61-,63-,65-,67-,68-,70+/m1/s1. The van der Waals surface area contributed by atoms with E-state index in [1.807, 2.05) is 30.3 Å². The highest BCUT2D eigenvalue weighted by Gasteiger charge is 2.53. The molecule has 0 spiro atoms. The molecule has 0 aliphatic carbocycles. The molecule has 1 aliphatic heterocycles. The zero-order valence-corrected chi connectivity index (χ0v) is 52.3. The molecule has 3 aromatic rings. The van der Waals surface area contributed by atoms with E-state index in [1.54, 1.807) is 60.7 Å². The molecule has 0 bridgehead atoms. The van der Waals surface area contributed by atoms with Gasteiger partial charge >= 0.3 is 5.97 Å². The molecule has 83 heavy (non-hydrogen) atoms. The fourth-order valence-corrected chi connectivity index (χ4v) is 13.5. The molecule has 0 unspecified atom stereocenters. The first-order valence-electron chi connectivity index (χ1n) is 32.7. The van der Waals surface area contributed by atoms with Crippen LogP contribution < -0.4 is 15.9 Å². The number of Topliss-reactive ketones (excluding diaryl/α,β-unsaturated/α-hetero) is 2. The summed E-state index contributed by atoms with van der Waals surface area (Å²) in [5.74, 6) is -4.29. The van der Waals surface area contributed by atoms with Crippen LogP contribution in [-0.2, 0) is 53.8 Å². The first-order valence-corrected chi connectivity index (χ1v) is 34.3. The van der Waals surface area contributed by atoms with Gasteiger partial charge in [-0.3, -0.25) is 18.9 Å². The maximum Gasteiger partial charge on any atom is 0.375 e. The van der Waals surface area contributed by atoms with Crippen LogP contribution in [0.1, 0.15) is 238 Å². The maximum absolute atomic E-state index is 15.8. The van der Waals surface area contributed by atoms with E-state index >= 15 is 4.57 Å². The summed E-state index contributed by atoms with van der Waals surface area (Å²) >= 11 is 0. The predicted octanol–water partition coefficient (Wildman–Crippen LogP) is 15.9. The second kappa shape index (κ2) is 44.2. The normalized spacial score (nSPS) is 17.9. The van der Waals surface area contributed by atoms with Crippen LogP contribution in [0.5, 0.6) is 0 Å². The first-order chi connectivity index (χ1) is 40.6. The molecule has 4 rings (SSSR count). The minimum atomic E-state index is -4.15. The molecule has 3 aromatic carbocycles. The monoisotopic (exact) mass is 1170 g/mol. The van der Waals surface area contributed by atoms with Gasteiger partial charge < -0.3 is 33.9 Å². The fraction of sp³-hybridized carbons (Fsp3) is 0.657. The highest BCUT2D eigenvalue weighted by Crippen LogP contribution is 2.48. The minimum absolute atomic E-state index is 0.0669. The summed E-state index contributed by atoms with van der Waals surface area (Å²) in [6, 6.07) is 25.6. The van der Waals surface area contributed by atoms with E-state index in [9.17, 15) is 24.3 Å². The van der Waals surface area contributed by atoms with Gasteiger partial charge in [-0.1, -0.05) is 273 Å². The Hall–Kier alpha value is -4.29. The smallest absolute Gasteiger partial charge is 0.375 e. The molecular weight excluding hydrogens is 1060 g/mol. The van der Waals surface area contributed by atoms with Crippen molar-refractivity contribution in [1.29, 1.82) is 0 Å². The Kier molecular flexibility index (Phi) is 37.9. The second-order valence-corrected chi connectivity index (χ2v) is 25.5. The van der Waals surface area contributed by atoms with Gasteiger partial charge in [-0.15, -0.1) is 6.58 Å². The van der Waals surface area contributed by atoms with Crippen molar-refractivity contribution in [3.63, 3.8) is 0 Å². The maximum atomic E-state index is 15.8. The number of nitrogens with one attached hydrogen (secondary N) is 1. The van der Waals surface area contributed by atoms with E-state index in [-0.39, 0.29) is 38.3 Å². The van der Waals surface area contributed by atoms with Gasteiger partial charge in [0, 0.05) is 17.0 Å². The Balaban J connectivity index is 1.67. The number of ketones is 2. The van der Waals surface area contributed by atoms with Crippen molar-refractivity contribution in [1.82, 2.24) is 5.32 Å². The van der Waals surface area contributed by atoms with E-state index in [4.69, 9.17) is 23.5 Å². The number of benzene rings is 3. The topological polar surface area (TPSA) is 164 Å². The lowest BCUT2D eigenvalue weighted by molar-refractivity contribution is -0.265. The number of carbonyl (C=O) groups excluding carboxylic acids is 4. The van der Waals surface area contributed by atoms with Crippen LogP contribution >= 0.6 is 7.37 Å². The van der Waals surface area contributed by atoms with Gasteiger partial charge in [0.25, 0.3) is 7.37 Å². The predicted molar refractivity (Wildman–Crippen MR) is 336 cm³/mol. The third-order valence-corrected chi connectivity index (χ3v) is 18.6. The number of aliphatic hydroxyl groups is 1. The number of hydrogen-bond donors (Lipinski definition) is 2. The second-order valence-electron chi connectivity index (χ2n) is 23.1. The molecule has 2 N–H and O–H groups in total. The Labute approximate surface area is 501 Å². The van der Waals surface area contributed by atoms with E-state index in [0.29, 0.717) is 29.9 Å². The number of esters is 1. The fourth-order valence-electron chi connectivity index (χ4n) is 11.2. The van der Waals surface area contributed by atoms with E-state index in [0.717, 1.165) is 82.6 Å². The van der Waals surface area contributed by atoms with Gasteiger partial charge in [0.05, 0.1) is 38.3 Å². The van der Waals surface area contributed by atoms with Crippen LogP contribution in [-0.4, -0.2) is 78.5 Å². The van der Waals surface area contributed by atoms with Crippen LogP contribution in [0.15, 0.2) is 104 Å². The first kappa shape index (κ1) is 71.2. The molecule has 7 atom stereocenters. The van der Waals surface area contributed by atoms with E-state index < -0.39 is 74.3 Å². The summed E-state index contributed by atoms with van der Waals surface area (Å²) in [5.41, 5.74) is 0.963. The Bertz CT molecular complexity index is 2190. The van der Waals surface area contributed by atoms with Gasteiger partial charge in [-0.2, -0.15) is 0 Å². The van der Waals surface area contributed by atoms with Crippen molar-refractivity contribution in [3.05, 3.63) is 109 Å². The zero-order chi connectivity index (χ0) is 59.6. The summed E-state index contributed by atoms with van der Waals surface area (Å²) in [6.07, 6.45) is 27.8.